The molecule has 31 heavy (non-hydrogen) atoms. The number of amidine groups is 1. The normalized spacial score (nSPS) is 19.2. The van der Waals surface area contributed by atoms with Crippen LogP contribution in [0.2, 0.25) is 5.02 Å². The van der Waals surface area contributed by atoms with Crippen molar-refractivity contribution in [1.82, 2.24) is 0 Å². The second kappa shape index (κ2) is 8.40. The van der Waals surface area contributed by atoms with E-state index in [1.165, 1.54) is 12.1 Å². The number of halogens is 8. The maximum absolute atomic E-state index is 14.0. The number of benzene rings is 2. The van der Waals surface area contributed by atoms with Crippen LogP contribution in [0.1, 0.15) is 17.5 Å². The summed E-state index contributed by atoms with van der Waals surface area (Å²) in [6.07, 6.45) is -5.95. The van der Waals surface area contributed by atoms with Crippen LogP contribution in [-0.2, 0) is 17.0 Å². The Morgan fingerprint density at radius 2 is 1.84 bits per heavy atom. The van der Waals surface area contributed by atoms with Gasteiger partial charge in [-0.25, -0.2) is 4.39 Å². The van der Waals surface area contributed by atoms with Gasteiger partial charge in [0, 0.05) is 22.8 Å². The fraction of sp³-hybridized carbons (Fsp3) is 0.278. The summed E-state index contributed by atoms with van der Waals surface area (Å²) < 4.78 is 93.6. The van der Waals surface area contributed by atoms with Crippen LogP contribution in [0.4, 0.5) is 36.4 Å². The molecule has 2 aromatic rings. The predicted octanol–water partition coefficient (Wildman–Crippen LogP) is 6.15. The van der Waals surface area contributed by atoms with Crippen molar-refractivity contribution in [3.63, 3.8) is 0 Å². The zero-order valence-corrected chi connectivity index (χ0v) is 16.8. The molecule has 0 fully saturated rings. The van der Waals surface area contributed by atoms with E-state index in [4.69, 9.17) is 22.2 Å². The molecule has 0 aliphatic carbocycles. The van der Waals surface area contributed by atoms with Gasteiger partial charge in [-0.05, 0) is 41.6 Å². The molecule has 3 N–H and O–H groups in total. The standard InChI is InChI=1S/C18H13ClF7N3OS/c19-12-6-11(3-1-9(12)8-27)28-15-7-16(30-29-15,17(21,22)23)10-2-4-13(20)14(5-10)31-18(24,25)26/h1-6H,7-8,27H2,(H,28,29). The van der Waals surface area contributed by atoms with Crippen LogP contribution >= 0.6 is 23.4 Å². The third kappa shape index (κ3) is 5.01. The third-order valence-corrected chi connectivity index (χ3v) is 5.49. The minimum atomic E-state index is -5.07. The van der Waals surface area contributed by atoms with Crippen LogP contribution in [0.3, 0.4) is 0 Å². The summed E-state index contributed by atoms with van der Waals surface area (Å²) in [5.41, 5.74) is -2.28. The Morgan fingerprint density at radius 3 is 2.42 bits per heavy atom. The lowest BCUT2D eigenvalue weighted by molar-refractivity contribution is -0.276. The topological polar surface area (TPSA) is 59.6 Å². The number of rotatable bonds is 4. The van der Waals surface area contributed by atoms with E-state index in [-0.39, 0.29) is 17.4 Å². The van der Waals surface area contributed by atoms with Crippen molar-refractivity contribution in [2.45, 2.75) is 35.1 Å². The Kier molecular flexibility index (Phi) is 6.36. The Morgan fingerprint density at radius 1 is 1.13 bits per heavy atom. The highest BCUT2D eigenvalue weighted by Crippen LogP contribution is 2.49. The highest BCUT2D eigenvalue weighted by atomic mass is 35.5. The van der Waals surface area contributed by atoms with Crippen molar-refractivity contribution >= 4 is 34.9 Å². The van der Waals surface area contributed by atoms with Gasteiger partial charge in [-0.2, -0.15) is 26.3 Å². The Labute approximate surface area is 180 Å². The van der Waals surface area contributed by atoms with Gasteiger partial charge in [0.2, 0.25) is 0 Å². The van der Waals surface area contributed by atoms with Gasteiger partial charge < -0.3 is 15.9 Å². The van der Waals surface area contributed by atoms with Gasteiger partial charge in [0.1, 0.15) is 5.82 Å². The maximum Gasteiger partial charge on any atom is 0.446 e. The molecule has 168 valence electrons. The highest BCUT2D eigenvalue weighted by Gasteiger charge is 2.62. The van der Waals surface area contributed by atoms with Gasteiger partial charge in [-0.3, -0.25) is 0 Å². The zero-order valence-electron chi connectivity index (χ0n) is 15.2. The molecule has 13 heteroatoms. The van der Waals surface area contributed by atoms with E-state index in [0.29, 0.717) is 29.4 Å². The predicted molar refractivity (Wildman–Crippen MR) is 102 cm³/mol. The molecule has 0 saturated heterocycles. The summed E-state index contributed by atoms with van der Waals surface area (Å²) in [6.45, 7) is 0.156. The van der Waals surface area contributed by atoms with E-state index in [0.717, 1.165) is 0 Å². The lowest BCUT2D eigenvalue weighted by atomic mass is 9.89. The molecule has 1 heterocycles. The van der Waals surface area contributed by atoms with Gasteiger partial charge in [-0.15, -0.1) is 0 Å². The number of oxime groups is 1. The molecule has 0 bridgehead atoms. The molecule has 1 unspecified atom stereocenters. The van der Waals surface area contributed by atoms with Crippen molar-refractivity contribution in [1.29, 1.82) is 0 Å². The minimum absolute atomic E-state index is 0.156. The Bertz CT molecular complexity index is 1010. The summed E-state index contributed by atoms with van der Waals surface area (Å²) in [5, 5.41) is 6.33. The molecule has 0 amide bonds. The van der Waals surface area contributed by atoms with Gasteiger partial charge >= 0.3 is 11.7 Å². The smallest absolute Gasteiger partial charge is 0.372 e. The monoisotopic (exact) mass is 487 g/mol. The number of thioether (sulfide) groups is 1. The van der Waals surface area contributed by atoms with E-state index in [9.17, 15) is 30.7 Å². The average Bonchev–Trinajstić information content (AvgIpc) is 3.08. The average molecular weight is 488 g/mol. The lowest BCUT2D eigenvalue weighted by Gasteiger charge is -2.29. The SMILES string of the molecule is NCc1ccc(NC2=NOC(c3ccc(F)c(SC(F)(F)F)c3)(C(F)(F)F)C2)cc1Cl. The van der Waals surface area contributed by atoms with Crippen LogP contribution in [-0.4, -0.2) is 17.5 Å². The van der Waals surface area contributed by atoms with Crippen LogP contribution < -0.4 is 11.1 Å². The van der Waals surface area contributed by atoms with Crippen molar-refractivity contribution in [3.8, 4) is 0 Å². The van der Waals surface area contributed by atoms with Crippen LogP contribution in [0, 0.1) is 5.82 Å². The van der Waals surface area contributed by atoms with E-state index < -0.39 is 51.7 Å². The second-order valence-corrected chi connectivity index (χ2v) is 7.97. The fourth-order valence-electron chi connectivity index (χ4n) is 2.89. The van der Waals surface area contributed by atoms with E-state index in [1.807, 2.05) is 0 Å². The molecule has 3 rings (SSSR count). The molecule has 2 aromatic carbocycles. The van der Waals surface area contributed by atoms with Crippen molar-refractivity contribution in [2.24, 2.45) is 10.9 Å². The largest absolute Gasteiger partial charge is 0.446 e. The van der Waals surface area contributed by atoms with Gasteiger partial charge in [0.05, 0.1) is 11.3 Å². The van der Waals surface area contributed by atoms with E-state index >= 15 is 0 Å². The number of nitrogens with two attached hydrogens (primary N) is 1. The van der Waals surface area contributed by atoms with Crippen molar-refractivity contribution in [3.05, 3.63) is 58.4 Å². The van der Waals surface area contributed by atoms with Gasteiger partial charge in [0.15, 0.2) is 5.84 Å². The van der Waals surface area contributed by atoms with Gasteiger partial charge in [0.25, 0.3) is 5.60 Å². The molecular formula is C18H13ClF7N3OS. The molecule has 0 saturated carbocycles. The summed E-state index contributed by atoms with van der Waals surface area (Å²) in [4.78, 5) is 3.70. The molecule has 0 radical (unpaired) electrons. The number of nitrogens with zero attached hydrogens (tertiary/aromatic N) is 1. The molecule has 1 aliphatic rings. The number of hydrogen-bond donors (Lipinski definition) is 2. The minimum Gasteiger partial charge on any atom is -0.372 e. The number of alkyl halides is 6. The van der Waals surface area contributed by atoms with Crippen LogP contribution in [0.5, 0.6) is 0 Å². The summed E-state index contributed by atoms with van der Waals surface area (Å²) >= 11 is 5.17. The zero-order chi connectivity index (χ0) is 23.0. The third-order valence-electron chi connectivity index (χ3n) is 4.37. The van der Waals surface area contributed by atoms with E-state index in [2.05, 4.69) is 10.5 Å². The first-order valence-corrected chi connectivity index (χ1v) is 9.67. The first-order valence-electron chi connectivity index (χ1n) is 8.48. The summed E-state index contributed by atoms with van der Waals surface area (Å²) in [6, 6.07) is 6.21. The number of anilines is 1. The highest BCUT2D eigenvalue weighted by molar-refractivity contribution is 8.00. The number of hydrogen-bond acceptors (Lipinski definition) is 5. The summed E-state index contributed by atoms with van der Waals surface area (Å²) in [7, 11) is 0. The maximum atomic E-state index is 14.0. The first-order chi connectivity index (χ1) is 14.3. The van der Waals surface area contributed by atoms with Crippen LogP contribution in [0.15, 0.2) is 46.4 Å². The molecule has 0 aromatic heterocycles. The number of nitrogens with one attached hydrogen (secondary N) is 1. The Balaban J connectivity index is 1.91. The molecule has 1 aliphatic heterocycles. The van der Waals surface area contributed by atoms with Crippen molar-refractivity contribution in [2.75, 3.05) is 5.32 Å². The Hall–Kier alpha value is -2.18. The molecule has 0 spiro atoms. The summed E-state index contributed by atoms with van der Waals surface area (Å²) in [5.74, 6) is -1.56. The van der Waals surface area contributed by atoms with E-state index in [1.54, 1.807) is 6.07 Å². The van der Waals surface area contributed by atoms with Gasteiger partial charge in [-0.1, -0.05) is 28.9 Å². The van der Waals surface area contributed by atoms with Crippen molar-refractivity contribution < 1.29 is 35.6 Å². The lowest BCUT2D eigenvalue weighted by Crippen LogP contribution is -2.43. The molecular weight excluding hydrogens is 475 g/mol. The fourth-order valence-corrected chi connectivity index (χ4v) is 3.74. The first kappa shape index (κ1) is 23.5. The second-order valence-electron chi connectivity index (χ2n) is 6.46. The molecule has 1 atom stereocenters. The quantitative estimate of drug-likeness (QED) is 0.401. The van der Waals surface area contributed by atoms with Crippen LogP contribution in [0.25, 0.3) is 0 Å². The molecule has 4 nitrogen and oxygen atoms in total.